The Hall–Kier alpha value is -2.37. The molecule has 2 fully saturated rings. The molecule has 27 heavy (non-hydrogen) atoms. The maximum Gasteiger partial charge on any atom is 0.251 e. The summed E-state index contributed by atoms with van der Waals surface area (Å²) in [6.45, 7) is 3.51. The van der Waals surface area contributed by atoms with E-state index in [0.29, 0.717) is 29.4 Å². The van der Waals surface area contributed by atoms with Crippen LogP contribution in [0.2, 0.25) is 0 Å². The smallest absolute Gasteiger partial charge is 0.251 e. The molecule has 146 valence electrons. The predicted molar refractivity (Wildman–Crippen MR) is 106 cm³/mol. The lowest BCUT2D eigenvalue weighted by Crippen LogP contribution is -2.27. The molecule has 0 heterocycles. The number of hydrogen-bond donors (Lipinski definition) is 3. The van der Waals surface area contributed by atoms with E-state index in [1.807, 2.05) is 0 Å². The van der Waals surface area contributed by atoms with E-state index in [9.17, 15) is 14.4 Å². The first-order chi connectivity index (χ1) is 12.9. The Labute approximate surface area is 160 Å². The Balaban J connectivity index is 1.59. The number of amides is 3. The molecule has 0 spiro atoms. The van der Waals surface area contributed by atoms with Gasteiger partial charge in [0.05, 0.1) is 0 Å². The van der Waals surface area contributed by atoms with E-state index in [1.165, 1.54) is 52.4 Å². The van der Waals surface area contributed by atoms with E-state index in [-0.39, 0.29) is 17.7 Å². The van der Waals surface area contributed by atoms with Crippen molar-refractivity contribution < 1.29 is 14.4 Å². The van der Waals surface area contributed by atoms with E-state index in [2.05, 4.69) is 16.0 Å². The fourth-order valence-corrected chi connectivity index (χ4v) is 4.28. The number of carbonyl (C=O) groups is 3. The van der Waals surface area contributed by atoms with Crippen LogP contribution < -0.4 is 16.0 Å². The third-order valence-corrected chi connectivity index (χ3v) is 5.59. The summed E-state index contributed by atoms with van der Waals surface area (Å²) in [6.07, 6.45) is 7.96. The van der Waals surface area contributed by atoms with Gasteiger partial charge in [0.25, 0.3) is 5.91 Å². The number of nitrogens with one attached hydrogen (secondary N) is 3. The second-order valence-corrected chi connectivity index (χ2v) is 7.93. The number of rotatable bonds is 6. The molecule has 0 aliphatic heterocycles. The molecule has 2 aliphatic carbocycles. The summed E-state index contributed by atoms with van der Waals surface area (Å²) in [5.74, 6) is 1.57. The van der Waals surface area contributed by atoms with E-state index in [4.69, 9.17) is 0 Å². The average molecular weight is 371 g/mol. The minimum Gasteiger partial charge on any atom is -0.352 e. The molecule has 0 aromatic heterocycles. The summed E-state index contributed by atoms with van der Waals surface area (Å²) >= 11 is 0. The van der Waals surface area contributed by atoms with Gasteiger partial charge in [-0.15, -0.1) is 0 Å². The zero-order valence-corrected chi connectivity index (χ0v) is 16.1. The van der Waals surface area contributed by atoms with Gasteiger partial charge in [-0.2, -0.15) is 0 Å². The van der Waals surface area contributed by atoms with Gasteiger partial charge in [0.15, 0.2) is 0 Å². The van der Waals surface area contributed by atoms with Gasteiger partial charge in [-0.1, -0.05) is 32.1 Å². The molecule has 0 radical (unpaired) electrons. The second kappa shape index (κ2) is 8.55. The van der Waals surface area contributed by atoms with E-state index in [1.54, 1.807) is 18.2 Å². The number of carbonyl (C=O) groups excluding carboxylic acids is 3. The summed E-state index contributed by atoms with van der Waals surface area (Å²) in [7, 11) is 0. The van der Waals surface area contributed by atoms with E-state index < -0.39 is 0 Å². The zero-order valence-electron chi connectivity index (χ0n) is 16.1. The van der Waals surface area contributed by atoms with Crippen molar-refractivity contribution in [2.45, 2.75) is 52.4 Å². The van der Waals surface area contributed by atoms with Crippen LogP contribution in [0.15, 0.2) is 18.2 Å². The van der Waals surface area contributed by atoms with Crippen molar-refractivity contribution >= 4 is 29.1 Å². The van der Waals surface area contributed by atoms with Gasteiger partial charge >= 0.3 is 0 Å². The molecule has 1 aromatic carbocycles. The minimum atomic E-state index is -0.227. The van der Waals surface area contributed by atoms with Gasteiger partial charge in [0, 0.05) is 37.3 Å². The van der Waals surface area contributed by atoms with Crippen LogP contribution in [-0.4, -0.2) is 24.3 Å². The van der Waals surface area contributed by atoms with Crippen LogP contribution in [0, 0.1) is 17.8 Å². The van der Waals surface area contributed by atoms with Crippen molar-refractivity contribution in [3.8, 4) is 0 Å². The van der Waals surface area contributed by atoms with Gasteiger partial charge in [0.2, 0.25) is 11.8 Å². The molecule has 6 heteroatoms. The minimum absolute atomic E-state index is 0.178. The van der Waals surface area contributed by atoms with Gasteiger partial charge < -0.3 is 16.0 Å². The van der Waals surface area contributed by atoms with Crippen LogP contribution in [0.25, 0.3) is 0 Å². The summed E-state index contributed by atoms with van der Waals surface area (Å²) in [6, 6.07) is 4.90. The SMILES string of the molecule is CC(=O)Nc1cc(NC(C)=O)cc(C(=O)NC[C@@H]2C[C@H]2C2CCCCC2)c1. The van der Waals surface area contributed by atoms with Crippen LogP contribution in [0.5, 0.6) is 0 Å². The number of benzene rings is 1. The molecule has 3 N–H and O–H groups in total. The van der Waals surface area contributed by atoms with E-state index >= 15 is 0 Å². The highest BCUT2D eigenvalue weighted by molar-refractivity contribution is 5.99. The van der Waals surface area contributed by atoms with Crippen LogP contribution in [-0.2, 0) is 9.59 Å². The Kier molecular flexibility index (Phi) is 6.14. The molecule has 2 aliphatic rings. The first-order valence-corrected chi connectivity index (χ1v) is 9.91. The molecule has 2 saturated carbocycles. The van der Waals surface area contributed by atoms with Crippen molar-refractivity contribution in [3.63, 3.8) is 0 Å². The lowest BCUT2D eigenvalue weighted by Gasteiger charge is -2.21. The Morgan fingerprint density at radius 2 is 1.52 bits per heavy atom. The van der Waals surface area contributed by atoms with Crippen LogP contribution >= 0.6 is 0 Å². The number of anilines is 2. The lowest BCUT2D eigenvalue weighted by atomic mass is 9.85. The maximum atomic E-state index is 12.6. The maximum absolute atomic E-state index is 12.6. The Bertz CT molecular complexity index is 691. The third-order valence-electron chi connectivity index (χ3n) is 5.59. The first kappa shape index (κ1) is 19.4. The Morgan fingerprint density at radius 1 is 0.926 bits per heavy atom. The summed E-state index contributed by atoms with van der Waals surface area (Å²) in [5, 5.41) is 8.37. The largest absolute Gasteiger partial charge is 0.352 e. The normalized spacial score (nSPS) is 22.0. The number of hydrogen-bond acceptors (Lipinski definition) is 3. The van der Waals surface area contributed by atoms with Crippen molar-refractivity contribution in [1.29, 1.82) is 0 Å². The molecule has 0 unspecified atom stereocenters. The van der Waals surface area contributed by atoms with Crippen molar-refractivity contribution in [2.24, 2.45) is 17.8 Å². The highest BCUT2D eigenvalue weighted by atomic mass is 16.2. The molecule has 3 rings (SSSR count). The monoisotopic (exact) mass is 371 g/mol. The molecule has 6 nitrogen and oxygen atoms in total. The lowest BCUT2D eigenvalue weighted by molar-refractivity contribution is -0.115. The molecular weight excluding hydrogens is 342 g/mol. The van der Waals surface area contributed by atoms with Gasteiger partial charge in [0.1, 0.15) is 0 Å². The standard InChI is InChI=1S/C21H29N3O3/c1-13(25)23-18-8-16(9-19(11-18)24-14(2)26)21(27)22-12-17-10-20(17)15-6-4-3-5-7-15/h8-9,11,15,17,20H,3-7,10,12H2,1-2H3,(H,22,27)(H,23,25)(H,24,26)/t17-,20-/m0/s1. The molecule has 0 saturated heterocycles. The fraction of sp³-hybridized carbons (Fsp3) is 0.571. The fourth-order valence-electron chi connectivity index (χ4n) is 4.28. The Morgan fingerprint density at radius 3 is 2.07 bits per heavy atom. The molecule has 1 aromatic rings. The molecule has 3 amide bonds. The summed E-state index contributed by atoms with van der Waals surface area (Å²) in [4.78, 5) is 35.3. The third kappa shape index (κ3) is 5.55. The highest BCUT2D eigenvalue weighted by Gasteiger charge is 2.42. The summed E-state index contributed by atoms with van der Waals surface area (Å²) < 4.78 is 0. The van der Waals surface area contributed by atoms with Crippen LogP contribution in [0.3, 0.4) is 0 Å². The van der Waals surface area contributed by atoms with Crippen LogP contribution in [0.1, 0.15) is 62.7 Å². The van der Waals surface area contributed by atoms with Crippen LogP contribution in [0.4, 0.5) is 11.4 Å². The topological polar surface area (TPSA) is 87.3 Å². The zero-order chi connectivity index (χ0) is 19.4. The van der Waals surface area contributed by atoms with Crippen molar-refractivity contribution in [3.05, 3.63) is 23.8 Å². The van der Waals surface area contributed by atoms with E-state index in [0.717, 1.165) is 11.8 Å². The average Bonchev–Trinajstić information content (AvgIpc) is 3.38. The van der Waals surface area contributed by atoms with Gasteiger partial charge in [-0.3, -0.25) is 14.4 Å². The van der Waals surface area contributed by atoms with Gasteiger partial charge in [-0.05, 0) is 42.4 Å². The summed E-state index contributed by atoms with van der Waals surface area (Å²) in [5.41, 5.74) is 1.41. The first-order valence-electron chi connectivity index (χ1n) is 9.91. The highest BCUT2D eigenvalue weighted by Crippen LogP contribution is 2.48. The predicted octanol–water partition coefficient (Wildman–Crippen LogP) is 3.55. The quantitative estimate of drug-likeness (QED) is 0.715. The van der Waals surface area contributed by atoms with Crippen molar-refractivity contribution in [1.82, 2.24) is 5.32 Å². The van der Waals surface area contributed by atoms with Gasteiger partial charge in [-0.25, -0.2) is 0 Å². The molecule has 2 atom stereocenters. The van der Waals surface area contributed by atoms with Crippen molar-refractivity contribution in [2.75, 3.05) is 17.2 Å². The molecular formula is C21H29N3O3. The second-order valence-electron chi connectivity index (χ2n) is 7.93. The molecule has 0 bridgehead atoms.